The van der Waals surface area contributed by atoms with Crippen molar-refractivity contribution in [2.45, 2.75) is 17.9 Å². The van der Waals surface area contributed by atoms with Crippen LogP contribution in [0.4, 0.5) is 0 Å². The molecule has 2 heteroatoms. The summed E-state index contributed by atoms with van der Waals surface area (Å²) in [4.78, 5) is 1.36. The third-order valence-corrected chi connectivity index (χ3v) is 3.04. The highest BCUT2D eigenvalue weighted by Crippen LogP contribution is 2.31. The van der Waals surface area contributed by atoms with Crippen molar-refractivity contribution in [2.75, 3.05) is 5.75 Å². The van der Waals surface area contributed by atoms with Gasteiger partial charge >= 0.3 is 0 Å². The first-order valence-corrected chi connectivity index (χ1v) is 4.74. The van der Waals surface area contributed by atoms with Gasteiger partial charge in [-0.3, -0.25) is 0 Å². The minimum absolute atomic E-state index is 0.161. The molecular formula is C9H10OS. The van der Waals surface area contributed by atoms with E-state index in [0.29, 0.717) is 0 Å². The minimum Gasteiger partial charge on any atom is -0.392 e. The zero-order valence-electron chi connectivity index (χ0n) is 6.21. The van der Waals surface area contributed by atoms with Crippen molar-refractivity contribution in [3.63, 3.8) is 0 Å². The molecule has 1 aliphatic heterocycles. The van der Waals surface area contributed by atoms with Gasteiger partial charge in [0.15, 0.2) is 0 Å². The second-order valence-corrected chi connectivity index (χ2v) is 3.84. The lowest BCUT2D eigenvalue weighted by atomic mass is 10.1. The Morgan fingerprint density at radius 3 is 3.18 bits per heavy atom. The molecule has 58 valence electrons. The SMILES string of the molecule is OCc1ccc2c(c1)SCC2. The Labute approximate surface area is 70.4 Å². The van der Waals surface area contributed by atoms with Crippen LogP contribution in [0.3, 0.4) is 0 Å². The fourth-order valence-electron chi connectivity index (χ4n) is 1.31. The maximum atomic E-state index is 8.86. The molecular weight excluding hydrogens is 156 g/mol. The van der Waals surface area contributed by atoms with Crippen molar-refractivity contribution in [1.82, 2.24) is 0 Å². The summed E-state index contributed by atoms with van der Waals surface area (Å²) in [5.74, 6) is 1.20. The Kier molecular flexibility index (Phi) is 1.88. The van der Waals surface area contributed by atoms with E-state index in [4.69, 9.17) is 5.11 Å². The van der Waals surface area contributed by atoms with Crippen LogP contribution in [0.25, 0.3) is 0 Å². The third kappa shape index (κ3) is 1.28. The van der Waals surface area contributed by atoms with Crippen molar-refractivity contribution in [3.8, 4) is 0 Å². The van der Waals surface area contributed by atoms with Gasteiger partial charge in [0, 0.05) is 10.6 Å². The van der Waals surface area contributed by atoms with E-state index in [2.05, 4.69) is 12.1 Å². The molecule has 0 bridgehead atoms. The molecule has 0 amide bonds. The van der Waals surface area contributed by atoms with Crippen molar-refractivity contribution < 1.29 is 5.11 Å². The van der Waals surface area contributed by atoms with Crippen molar-refractivity contribution >= 4 is 11.8 Å². The predicted octanol–water partition coefficient (Wildman–Crippen LogP) is 1.83. The molecule has 0 unspecified atom stereocenters. The lowest BCUT2D eigenvalue weighted by molar-refractivity contribution is 0.281. The molecule has 0 saturated carbocycles. The van der Waals surface area contributed by atoms with Crippen LogP contribution in [0.15, 0.2) is 23.1 Å². The van der Waals surface area contributed by atoms with E-state index in [1.807, 2.05) is 17.8 Å². The first-order chi connectivity index (χ1) is 5.40. The Balaban J connectivity index is 2.41. The largest absolute Gasteiger partial charge is 0.392 e. The summed E-state index contributed by atoms with van der Waals surface area (Å²) < 4.78 is 0. The summed E-state index contributed by atoms with van der Waals surface area (Å²) in [6, 6.07) is 6.22. The second kappa shape index (κ2) is 2.88. The molecule has 1 nitrogen and oxygen atoms in total. The fourth-order valence-corrected chi connectivity index (χ4v) is 2.44. The van der Waals surface area contributed by atoms with Crippen LogP contribution < -0.4 is 0 Å². The highest BCUT2D eigenvalue weighted by Gasteiger charge is 2.10. The van der Waals surface area contributed by atoms with Gasteiger partial charge in [-0.15, -0.1) is 11.8 Å². The molecule has 0 saturated heterocycles. The molecule has 11 heavy (non-hydrogen) atoms. The maximum absolute atomic E-state index is 8.86. The highest BCUT2D eigenvalue weighted by molar-refractivity contribution is 7.99. The average molecular weight is 166 g/mol. The van der Waals surface area contributed by atoms with Gasteiger partial charge in [-0.05, 0) is 23.6 Å². The summed E-state index contributed by atoms with van der Waals surface area (Å²) in [5.41, 5.74) is 2.46. The Morgan fingerprint density at radius 2 is 2.36 bits per heavy atom. The smallest absolute Gasteiger partial charge is 0.0682 e. The second-order valence-electron chi connectivity index (χ2n) is 2.70. The number of benzene rings is 1. The standard InChI is InChI=1S/C9H10OS/c10-6-7-1-2-8-3-4-11-9(8)5-7/h1-2,5,10H,3-4,6H2. The van der Waals surface area contributed by atoms with Crippen LogP contribution >= 0.6 is 11.8 Å². The summed E-state index contributed by atoms with van der Waals surface area (Å²) in [6.07, 6.45) is 1.19. The van der Waals surface area contributed by atoms with Crippen molar-refractivity contribution in [1.29, 1.82) is 0 Å². The Bertz CT molecular complexity index is 270. The number of thioether (sulfide) groups is 1. The van der Waals surface area contributed by atoms with Crippen LogP contribution in [0, 0.1) is 0 Å². The zero-order chi connectivity index (χ0) is 7.68. The van der Waals surface area contributed by atoms with E-state index in [1.54, 1.807) is 0 Å². The summed E-state index contributed by atoms with van der Waals surface area (Å²) in [6.45, 7) is 0.161. The molecule has 1 aliphatic rings. The van der Waals surface area contributed by atoms with Gasteiger partial charge in [0.1, 0.15) is 0 Å². The average Bonchev–Trinajstić information content (AvgIpc) is 2.50. The summed E-state index contributed by atoms with van der Waals surface area (Å²) in [7, 11) is 0. The molecule has 1 aromatic rings. The van der Waals surface area contributed by atoms with Gasteiger partial charge in [-0.25, -0.2) is 0 Å². The maximum Gasteiger partial charge on any atom is 0.0682 e. The van der Waals surface area contributed by atoms with Gasteiger partial charge in [0.05, 0.1) is 6.61 Å². The lowest BCUT2D eigenvalue weighted by Gasteiger charge is -1.99. The van der Waals surface area contributed by atoms with Gasteiger partial charge in [0.2, 0.25) is 0 Å². The minimum atomic E-state index is 0.161. The zero-order valence-corrected chi connectivity index (χ0v) is 7.03. The van der Waals surface area contributed by atoms with E-state index in [1.165, 1.54) is 22.6 Å². The Hall–Kier alpha value is -0.470. The number of fused-ring (bicyclic) bond motifs is 1. The number of aliphatic hydroxyl groups excluding tert-OH is 1. The number of hydrogen-bond donors (Lipinski definition) is 1. The van der Waals surface area contributed by atoms with Crippen LogP contribution in [0.5, 0.6) is 0 Å². The van der Waals surface area contributed by atoms with Gasteiger partial charge in [-0.2, -0.15) is 0 Å². The molecule has 0 atom stereocenters. The van der Waals surface area contributed by atoms with E-state index < -0.39 is 0 Å². The molecule has 0 spiro atoms. The number of aryl methyl sites for hydroxylation is 1. The molecule has 1 N–H and O–H groups in total. The molecule has 0 aliphatic carbocycles. The Morgan fingerprint density at radius 1 is 1.45 bits per heavy atom. The van der Waals surface area contributed by atoms with Crippen LogP contribution in [0.1, 0.15) is 11.1 Å². The topological polar surface area (TPSA) is 20.2 Å². The molecule has 1 heterocycles. The first-order valence-electron chi connectivity index (χ1n) is 3.75. The summed E-state index contributed by atoms with van der Waals surface area (Å²) in [5, 5.41) is 8.86. The molecule has 2 rings (SSSR count). The van der Waals surface area contributed by atoms with E-state index in [-0.39, 0.29) is 6.61 Å². The number of aliphatic hydroxyl groups is 1. The normalized spacial score (nSPS) is 15.0. The summed E-state index contributed by atoms with van der Waals surface area (Å²) >= 11 is 1.89. The van der Waals surface area contributed by atoms with Crippen molar-refractivity contribution in [3.05, 3.63) is 29.3 Å². The molecule has 1 aromatic carbocycles. The monoisotopic (exact) mass is 166 g/mol. The molecule has 0 aromatic heterocycles. The lowest BCUT2D eigenvalue weighted by Crippen LogP contribution is -1.85. The third-order valence-electron chi connectivity index (χ3n) is 1.94. The van der Waals surface area contributed by atoms with Gasteiger partial charge in [-0.1, -0.05) is 12.1 Å². The van der Waals surface area contributed by atoms with Crippen LogP contribution in [-0.4, -0.2) is 10.9 Å². The van der Waals surface area contributed by atoms with Gasteiger partial charge in [0.25, 0.3) is 0 Å². The quantitative estimate of drug-likeness (QED) is 0.686. The first kappa shape index (κ1) is 7.19. The number of rotatable bonds is 1. The van der Waals surface area contributed by atoms with E-state index >= 15 is 0 Å². The molecule has 0 fully saturated rings. The van der Waals surface area contributed by atoms with E-state index in [9.17, 15) is 0 Å². The molecule has 0 radical (unpaired) electrons. The van der Waals surface area contributed by atoms with E-state index in [0.717, 1.165) is 5.56 Å². The van der Waals surface area contributed by atoms with Crippen molar-refractivity contribution in [2.24, 2.45) is 0 Å². The van der Waals surface area contributed by atoms with Crippen LogP contribution in [-0.2, 0) is 13.0 Å². The number of hydrogen-bond acceptors (Lipinski definition) is 2. The fraction of sp³-hybridized carbons (Fsp3) is 0.333. The van der Waals surface area contributed by atoms with Gasteiger partial charge < -0.3 is 5.11 Å². The van der Waals surface area contributed by atoms with Crippen LogP contribution in [0.2, 0.25) is 0 Å². The highest BCUT2D eigenvalue weighted by atomic mass is 32.2. The predicted molar refractivity (Wildman–Crippen MR) is 46.8 cm³/mol.